The number of para-hydroxylation sites is 1. The van der Waals surface area contributed by atoms with Crippen LogP contribution in [-0.4, -0.2) is 25.7 Å². The number of hydrogen-bond donors (Lipinski definition) is 2. The number of benzene rings is 2. The van der Waals surface area contributed by atoms with Crippen molar-refractivity contribution in [3.63, 3.8) is 0 Å². The van der Waals surface area contributed by atoms with Crippen molar-refractivity contribution < 1.29 is 14.3 Å². The Hall–Kier alpha value is -2.37. The minimum Gasteiger partial charge on any atom is -0.457 e. The molecular weight excluding hydrogens is 292 g/mol. The molecule has 0 saturated heterocycles. The summed E-state index contributed by atoms with van der Waals surface area (Å²) in [5, 5.41) is 2.79. The fourth-order valence-corrected chi connectivity index (χ4v) is 2.05. The second kappa shape index (κ2) is 8.31. The van der Waals surface area contributed by atoms with Crippen molar-refractivity contribution in [2.75, 3.05) is 13.7 Å². The molecule has 5 nitrogen and oxygen atoms in total. The second-order valence-electron chi connectivity index (χ2n) is 5.30. The van der Waals surface area contributed by atoms with Gasteiger partial charge in [0.25, 0.3) is 0 Å². The quantitative estimate of drug-likeness (QED) is 0.823. The van der Waals surface area contributed by atoms with Gasteiger partial charge < -0.3 is 20.5 Å². The van der Waals surface area contributed by atoms with Crippen molar-refractivity contribution in [2.45, 2.75) is 19.5 Å². The van der Waals surface area contributed by atoms with Crippen LogP contribution in [0.4, 0.5) is 0 Å². The van der Waals surface area contributed by atoms with Crippen LogP contribution in [0.5, 0.6) is 11.5 Å². The summed E-state index contributed by atoms with van der Waals surface area (Å²) in [6.45, 7) is 2.56. The molecule has 3 N–H and O–H groups in total. The smallest absolute Gasteiger partial charge is 0.239 e. The van der Waals surface area contributed by atoms with E-state index in [0.717, 1.165) is 11.3 Å². The van der Waals surface area contributed by atoms with Gasteiger partial charge in [-0.05, 0) is 25.1 Å². The molecule has 1 unspecified atom stereocenters. The molecule has 0 heterocycles. The van der Waals surface area contributed by atoms with Crippen LogP contribution in [0.25, 0.3) is 0 Å². The zero-order valence-corrected chi connectivity index (χ0v) is 13.4. The first-order chi connectivity index (χ1) is 11.1. The number of nitrogens with two attached hydrogens (primary N) is 1. The van der Waals surface area contributed by atoms with E-state index in [1.54, 1.807) is 0 Å². The van der Waals surface area contributed by atoms with E-state index in [0.29, 0.717) is 12.3 Å². The summed E-state index contributed by atoms with van der Waals surface area (Å²) in [4.78, 5) is 11.9. The zero-order chi connectivity index (χ0) is 16.7. The number of carbonyl (C=O) groups excluding carboxylic acids is 1. The standard InChI is InChI=1S/C18H22N2O3/c1-13-7-9-15(10-8-13)23-17-6-4-3-5-14(17)11-20-18(21)16(19)12-22-2/h3-10,16H,11-12,19H2,1-2H3,(H,20,21). The van der Waals surface area contributed by atoms with Crippen LogP contribution in [0.3, 0.4) is 0 Å². The minimum absolute atomic E-state index is 0.188. The summed E-state index contributed by atoms with van der Waals surface area (Å²) >= 11 is 0. The number of carbonyl (C=O) groups is 1. The summed E-state index contributed by atoms with van der Waals surface area (Å²) in [7, 11) is 1.51. The average Bonchev–Trinajstić information content (AvgIpc) is 2.56. The molecule has 0 aliphatic rings. The van der Waals surface area contributed by atoms with E-state index in [1.807, 2.05) is 55.5 Å². The van der Waals surface area contributed by atoms with Crippen molar-refractivity contribution in [1.29, 1.82) is 0 Å². The predicted octanol–water partition coefficient (Wildman–Crippen LogP) is 2.38. The molecule has 2 rings (SSSR count). The monoisotopic (exact) mass is 314 g/mol. The number of ether oxygens (including phenoxy) is 2. The number of aryl methyl sites for hydroxylation is 1. The molecule has 23 heavy (non-hydrogen) atoms. The highest BCUT2D eigenvalue weighted by molar-refractivity contribution is 5.81. The molecule has 1 amide bonds. The number of hydrogen-bond acceptors (Lipinski definition) is 4. The molecule has 122 valence electrons. The van der Waals surface area contributed by atoms with Gasteiger partial charge in [-0.25, -0.2) is 0 Å². The third kappa shape index (κ3) is 5.09. The fourth-order valence-electron chi connectivity index (χ4n) is 2.05. The number of nitrogens with one attached hydrogen (secondary N) is 1. The molecule has 0 aromatic heterocycles. The highest BCUT2D eigenvalue weighted by Crippen LogP contribution is 2.25. The molecule has 0 fully saturated rings. The van der Waals surface area contributed by atoms with Gasteiger partial charge in [-0.3, -0.25) is 4.79 Å². The van der Waals surface area contributed by atoms with Gasteiger partial charge in [0.05, 0.1) is 6.61 Å². The average molecular weight is 314 g/mol. The maximum Gasteiger partial charge on any atom is 0.239 e. The van der Waals surface area contributed by atoms with Crippen molar-refractivity contribution in [1.82, 2.24) is 5.32 Å². The van der Waals surface area contributed by atoms with Gasteiger partial charge in [0.15, 0.2) is 0 Å². The topological polar surface area (TPSA) is 73.6 Å². The third-order valence-electron chi connectivity index (χ3n) is 3.36. The summed E-state index contributed by atoms with van der Waals surface area (Å²) in [5.41, 5.74) is 7.75. The largest absolute Gasteiger partial charge is 0.457 e. The van der Waals surface area contributed by atoms with E-state index >= 15 is 0 Å². The lowest BCUT2D eigenvalue weighted by molar-refractivity contribution is -0.123. The maximum absolute atomic E-state index is 11.9. The van der Waals surface area contributed by atoms with Crippen LogP contribution in [-0.2, 0) is 16.1 Å². The Morgan fingerprint density at radius 2 is 1.87 bits per heavy atom. The minimum atomic E-state index is -0.676. The lowest BCUT2D eigenvalue weighted by Crippen LogP contribution is -2.43. The molecule has 0 radical (unpaired) electrons. The molecular formula is C18H22N2O3. The van der Waals surface area contributed by atoms with E-state index in [4.69, 9.17) is 15.2 Å². The van der Waals surface area contributed by atoms with Gasteiger partial charge in [-0.2, -0.15) is 0 Å². The SMILES string of the molecule is COCC(N)C(=O)NCc1ccccc1Oc1ccc(C)cc1. The molecule has 0 aliphatic carbocycles. The number of rotatable bonds is 7. The highest BCUT2D eigenvalue weighted by Gasteiger charge is 2.13. The predicted molar refractivity (Wildman–Crippen MR) is 89.4 cm³/mol. The lowest BCUT2D eigenvalue weighted by atomic mass is 10.2. The molecule has 0 bridgehead atoms. The molecule has 2 aromatic rings. The first kappa shape index (κ1) is 17.0. The number of amides is 1. The molecule has 5 heteroatoms. The van der Waals surface area contributed by atoms with E-state index in [9.17, 15) is 4.79 Å². The van der Waals surface area contributed by atoms with Gasteiger partial charge in [0, 0.05) is 19.2 Å². The van der Waals surface area contributed by atoms with Crippen LogP contribution >= 0.6 is 0 Å². The van der Waals surface area contributed by atoms with Crippen LogP contribution < -0.4 is 15.8 Å². The molecule has 0 spiro atoms. The van der Waals surface area contributed by atoms with Gasteiger partial charge >= 0.3 is 0 Å². The third-order valence-corrected chi connectivity index (χ3v) is 3.36. The van der Waals surface area contributed by atoms with Crippen molar-refractivity contribution in [2.24, 2.45) is 5.73 Å². The Morgan fingerprint density at radius 3 is 2.57 bits per heavy atom. The van der Waals surface area contributed by atoms with E-state index in [-0.39, 0.29) is 12.5 Å². The molecule has 1 atom stereocenters. The van der Waals surface area contributed by atoms with Crippen LogP contribution in [0.1, 0.15) is 11.1 Å². The Bertz CT molecular complexity index is 641. The molecule has 0 saturated carbocycles. The normalized spacial score (nSPS) is 11.8. The van der Waals surface area contributed by atoms with E-state index < -0.39 is 6.04 Å². The second-order valence-corrected chi connectivity index (χ2v) is 5.30. The van der Waals surface area contributed by atoms with Crippen LogP contribution in [0.2, 0.25) is 0 Å². The summed E-state index contributed by atoms with van der Waals surface area (Å²) in [5.74, 6) is 1.21. The van der Waals surface area contributed by atoms with Gasteiger partial charge in [0.1, 0.15) is 17.5 Å². The lowest BCUT2D eigenvalue weighted by Gasteiger charge is -2.14. The Morgan fingerprint density at radius 1 is 1.17 bits per heavy atom. The van der Waals surface area contributed by atoms with Gasteiger partial charge in [0.2, 0.25) is 5.91 Å². The van der Waals surface area contributed by atoms with Crippen molar-refractivity contribution in [3.05, 3.63) is 59.7 Å². The van der Waals surface area contributed by atoms with Gasteiger partial charge in [-0.1, -0.05) is 35.9 Å². The molecule has 0 aliphatic heterocycles. The first-order valence-corrected chi connectivity index (χ1v) is 7.45. The van der Waals surface area contributed by atoms with Crippen LogP contribution in [0, 0.1) is 6.92 Å². The van der Waals surface area contributed by atoms with E-state index in [1.165, 1.54) is 12.7 Å². The number of methoxy groups -OCH3 is 1. The van der Waals surface area contributed by atoms with Gasteiger partial charge in [-0.15, -0.1) is 0 Å². The highest BCUT2D eigenvalue weighted by atomic mass is 16.5. The zero-order valence-electron chi connectivity index (χ0n) is 13.4. The van der Waals surface area contributed by atoms with E-state index in [2.05, 4.69) is 5.32 Å². The van der Waals surface area contributed by atoms with Crippen molar-refractivity contribution >= 4 is 5.91 Å². The first-order valence-electron chi connectivity index (χ1n) is 7.45. The Balaban J connectivity index is 2.02. The molecule has 2 aromatic carbocycles. The van der Waals surface area contributed by atoms with Crippen molar-refractivity contribution in [3.8, 4) is 11.5 Å². The van der Waals surface area contributed by atoms with Crippen LogP contribution in [0.15, 0.2) is 48.5 Å². The fraction of sp³-hybridized carbons (Fsp3) is 0.278. The summed E-state index contributed by atoms with van der Waals surface area (Å²) in [6.07, 6.45) is 0. The maximum atomic E-state index is 11.9. The Kier molecular flexibility index (Phi) is 6.14. The Labute approximate surface area is 136 Å². The summed E-state index contributed by atoms with van der Waals surface area (Å²) < 4.78 is 10.8. The summed E-state index contributed by atoms with van der Waals surface area (Å²) in [6, 6.07) is 14.7.